The van der Waals surface area contributed by atoms with Crippen LogP contribution in [0.4, 0.5) is 10.3 Å². The molecule has 0 radical (unpaired) electrons. The van der Waals surface area contributed by atoms with Crippen LogP contribution in [0.2, 0.25) is 0 Å². The Hall–Kier alpha value is -3.26. The summed E-state index contributed by atoms with van der Waals surface area (Å²) in [5.74, 6) is -0.0651. The molecule has 4 rings (SSSR count). The highest BCUT2D eigenvalue weighted by Crippen LogP contribution is 2.17. The molecule has 1 N–H and O–H groups in total. The largest absolute Gasteiger partial charge is 0.355 e. The fraction of sp³-hybridized carbons (Fsp3) is 0.400. The van der Waals surface area contributed by atoms with Gasteiger partial charge in [-0.1, -0.05) is 42.5 Å². The van der Waals surface area contributed by atoms with Gasteiger partial charge in [-0.05, 0) is 49.9 Å². The summed E-state index contributed by atoms with van der Waals surface area (Å²) in [5, 5.41) is 3.35. The third-order valence-corrected chi connectivity index (χ3v) is 6.04. The van der Waals surface area contributed by atoms with E-state index in [4.69, 9.17) is 0 Å². The molecule has 2 aromatic carbocycles. The van der Waals surface area contributed by atoms with Crippen LogP contribution in [0.3, 0.4) is 0 Å². The summed E-state index contributed by atoms with van der Waals surface area (Å²) in [7, 11) is 0. The molecule has 0 unspecified atom stereocenters. The zero-order valence-corrected chi connectivity index (χ0v) is 19.1. The lowest BCUT2D eigenvalue weighted by Gasteiger charge is -2.33. The molecule has 0 amide bonds. The number of hydrogen-bond donors (Lipinski definition) is 1. The summed E-state index contributed by atoms with van der Waals surface area (Å²) in [4.78, 5) is 32.4. The lowest BCUT2D eigenvalue weighted by Crippen LogP contribution is -2.45. The van der Waals surface area contributed by atoms with Gasteiger partial charge >= 0.3 is 11.4 Å². The Morgan fingerprint density at radius 2 is 1.61 bits per heavy atom. The van der Waals surface area contributed by atoms with Crippen molar-refractivity contribution in [3.63, 3.8) is 0 Å². The molecule has 1 aliphatic heterocycles. The molecule has 8 heteroatoms. The standard InChI is InChI=1S/C25H30FN5O2/c1-18(2)31-24(32)28-23(30(25(31)33)17-20-8-10-21(26)11-9-20)27-22-12-14-29(15-13-22)16-19-6-4-3-5-7-19/h3-11,18,22H,12-17H2,1-2H3,(H,27,28,32). The number of piperidine rings is 1. The van der Waals surface area contributed by atoms with Crippen molar-refractivity contribution in [3.05, 3.63) is 92.5 Å². The van der Waals surface area contributed by atoms with E-state index in [0.29, 0.717) is 0 Å². The summed E-state index contributed by atoms with van der Waals surface area (Å²) in [5.41, 5.74) is 1.07. The Morgan fingerprint density at radius 1 is 0.970 bits per heavy atom. The average molecular weight is 452 g/mol. The van der Waals surface area contributed by atoms with Gasteiger partial charge in [0.2, 0.25) is 5.95 Å². The zero-order valence-electron chi connectivity index (χ0n) is 19.1. The van der Waals surface area contributed by atoms with Gasteiger partial charge in [0, 0.05) is 31.7 Å². The van der Waals surface area contributed by atoms with Crippen LogP contribution < -0.4 is 16.7 Å². The molecular weight excluding hydrogens is 421 g/mol. The Kier molecular flexibility index (Phi) is 7.03. The van der Waals surface area contributed by atoms with Crippen molar-refractivity contribution in [1.29, 1.82) is 0 Å². The second kappa shape index (κ2) is 10.1. The first kappa shape index (κ1) is 22.9. The van der Waals surface area contributed by atoms with E-state index in [1.807, 2.05) is 6.07 Å². The Morgan fingerprint density at radius 3 is 2.24 bits per heavy atom. The smallest absolute Gasteiger partial charge is 0.353 e. The van der Waals surface area contributed by atoms with Crippen LogP contribution in [-0.4, -0.2) is 38.1 Å². The van der Waals surface area contributed by atoms with E-state index < -0.39 is 11.4 Å². The van der Waals surface area contributed by atoms with Crippen molar-refractivity contribution in [2.75, 3.05) is 18.4 Å². The van der Waals surface area contributed by atoms with E-state index in [9.17, 15) is 14.0 Å². The minimum absolute atomic E-state index is 0.109. The first-order valence-electron chi connectivity index (χ1n) is 11.4. The molecule has 7 nitrogen and oxygen atoms in total. The topological polar surface area (TPSA) is 72.2 Å². The van der Waals surface area contributed by atoms with Crippen molar-refractivity contribution in [2.45, 2.75) is 51.9 Å². The average Bonchev–Trinajstić information content (AvgIpc) is 2.79. The highest BCUT2D eigenvalue weighted by molar-refractivity contribution is 5.29. The third-order valence-electron chi connectivity index (χ3n) is 6.04. The molecule has 33 heavy (non-hydrogen) atoms. The van der Waals surface area contributed by atoms with Gasteiger partial charge < -0.3 is 5.32 Å². The number of rotatable bonds is 7. The molecule has 0 aliphatic carbocycles. The van der Waals surface area contributed by atoms with Crippen LogP contribution in [0.5, 0.6) is 0 Å². The maximum absolute atomic E-state index is 13.3. The summed E-state index contributed by atoms with van der Waals surface area (Å²) in [6.45, 7) is 6.50. The number of nitrogens with one attached hydrogen (secondary N) is 1. The van der Waals surface area contributed by atoms with Crippen molar-refractivity contribution >= 4 is 5.95 Å². The highest BCUT2D eigenvalue weighted by Gasteiger charge is 2.22. The molecule has 0 spiro atoms. The second-order valence-corrected chi connectivity index (χ2v) is 8.86. The van der Waals surface area contributed by atoms with Gasteiger partial charge in [-0.2, -0.15) is 4.98 Å². The van der Waals surface area contributed by atoms with Gasteiger partial charge in [0.15, 0.2) is 0 Å². The summed E-state index contributed by atoms with van der Waals surface area (Å²) >= 11 is 0. The van der Waals surface area contributed by atoms with Crippen LogP contribution in [0.15, 0.2) is 64.2 Å². The van der Waals surface area contributed by atoms with Gasteiger partial charge in [-0.3, -0.25) is 9.47 Å². The van der Waals surface area contributed by atoms with Gasteiger partial charge in [-0.25, -0.2) is 18.5 Å². The van der Waals surface area contributed by atoms with Crippen molar-refractivity contribution in [2.24, 2.45) is 0 Å². The molecule has 3 aromatic rings. The van der Waals surface area contributed by atoms with Gasteiger partial charge in [0.05, 0.1) is 6.54 Å². The lowest BCUT2D eigenvalue weighted by atomic mass is 10.0. The number of likely N-dealkylation sites (tertiary alicyclic amines) is 1. The van der Waals surface area contributed by atoms with Crippen LogP contribution in [-0.2, 0) is 13.1 Å². The highest BCUT2D eigenvalue weighted by atomic mass is 19.1. The number of halogens is 1. The summed E-state index contributed by atoms with van der Waals surface area (Å²) < 4.78 is 16.0. The SMILES string of the molecule is CC(C)n1c(=O)nc(NC2CCN(Cc3ccccc3)CC2)n(Cc2ccc(F)cc2)c1=O. The van der Waals surface area contributed by atoms with E-state index in [2.05, 4.69) is 39.5 Å². The Balaban J connectivity index is 1.52. The molecular formula is C25H30FN5O2. The van der Waals surface area contributed by atoms with Crippen LogP contribution in [0.25, 0.3) is 0 Å². The summed E-state index contributed by atoms with van der Waals surface area (Å²) in [6, 6.07) is 16.2. The van der Waals surface area contributed by atoms with Gasteiger partial charge in [0.1, 0.15) is 5.82 Å². The molecule has 1 saturated heterocycles. The molecule has 1 aromatic heterocycles. The predicted molar refractivity (Wildman–Crippen MR) is 127 cm³/mol. The normalized spacial score (nSPS) is 15.2. The summed E-state index contributed by atoms with van der Waals surface area (Å²) in [6.07, 6.45) is 1.76. The third kappa shape index (κ3) is 5.57. The molecule has 0 saturated carbocycles. The van der Waals surface area contributed by atoms with Gasteiger partial charge in [0.25, 0.3) is 0 Å². The number of aromatic nitrogens is 3. The van der Waals surface area contributed by atoms with Gasteiger partial charge in [-0.15, -0.1) is 0 Å². The number of anilines is 1. The fourth-order valence-electron chi connectivity index (χ4n) is 4.23. The molecule has 0 atom stereocenters. The van der Waals surface area contributed by atoms with E-state index in [-0.39, 0.29) is 30.4 Å². The van der Waals surface area contributed by atoms with E-state index in [1.54, 1.807) is 26.0 Å². The second-order valence-electron chi connectivity index (χ2n) is 8.86. The maximum atomic E-state index is 13.3. The number of benzene rings is 2. The Bertz CT molecular complexity index is 1180. The predicted octanol–water partition coefficient (Wildman–Crippen LogP) is 3.25. The minimum atomic E-state index is -0.561. The van der Waals surface area contributed by atoms with Crippen LogP contribution in [0.1, 0.15) is 43.9 Å². The van der Waals surface area contributed by atoms with Crippen LogP contribution >= 0.6 is 0 Å². The maximum Gasteiger partial charge on any atom is 0.355 e. The molecule has 174 valence electrons. The number of hydrogen-bond acceptors (Lipinski definition) is 5. The van der Waals surface area contributed by atoms with Crippen molar-refractivity contribution in [1.82, 2.24) is 19.0 Å². The van der Waals surface area contributed by atoms with E-state index >= 15 is 0 Å². The first-order chi connectivity index (χ1) is 15.9. The number of nitrogens with zero attached hydrogens (tertiary/aromatic N) is 4. The monoisotopic (exact) mass is 451 g/mol. The van der Waals surface area contributed by atoms with E-state index in [0.717, 1.165) is 42.6 Å². The quantitative estimate of drug-likeness (QED) is 0.597. The van der Waals surface area contributed by atoms with Crippen molar-refractivity contribution in [3.8, 4) is 0 Å². The first-order valence-corrected chi connectivity index (χ1v) is 11.4. The molecule has 1 fully saturated rings. The van der Waals surface area contributed by atoms with Crippen molar-refractivity contribution < 1.29 is 4.39 Å². The molecule has 2 heterocycles. The zero-order chi connectivity index (χ0) is 23.4. The lowest BCUT2D eigenvalue weighted by molar-refractivity contribution is 0.210. The molecule has 1 aliphatic rings. The molecule has 0 bridgehead atoms. The van der Waals surface area contributed by atoms with E-state index in [1.165, 1.54) is 22.3 Å². The van der Waals surface area contributed by atoms with Crippen LogP contribution in [0, 0.1) is 5.82 Å². The fourth-order valence-corrected chi connectivity index (χ4v) is 4.23. The Labute approximate surface area is 192 Å². The minimum Gasteiger partial charge on any atom is -0.353 e.